The number of carbonyl (C=O) groups excluding carboxylic acids is 1. The lowest BCUT2D eigenvalue weighted by Crippen LogP contribution is -2.23. The van der Waals surface area contributed by atoms with Gasteiger partial charge in [0, 0.05) is 29.2 Å². The van der Waals surface area contributed by atoms with Crippen molar-refractivity contribution >= 4 is 28.7 Å². The van der Waals surface area contributed by atoms with Crippen molar-refractivity contribution in [3.05, 3.63) is 59.1 Å². The third-order valence-electron chi connectivity index (χ3n) is 3.98. The van der Waals surface area contributed by atoms with E-state index in [1.807, 2.05) is 29.6 Å². The second-order valence-electron chi connectivity index (χ2n) is 5.71. The Kier molecular flexibility index (Phi) is 4.43. The third-order valence-corrected chi connectivity index (χ3v) is 4.75. The number of hydrogen-bond acceptors (Lipinski definition) is 7. The van der Waals surface area contributed by atoms with E-state index in [-0.39, 0.29) is 5.91 Å². The predicted octanol–water partition coefficient (Wildman–Crippen LogP) is 2.37. The maximum Gasteiger partial charge on any atom is 0.251 e. The first kappa shape index (κ1) is 17.0. The summed E-state index contributed by atoms with van der Waals surface area (Å²) in [5.74, 6) is 1.26. The van der Waals surface area contributed by atoms with Gasteiger partial charge in [-0.05, 0) is 18.2 Å². The minimum absolute atomic E-state index is 0.256. The minimum Gasteiger partial charge on any atom is -0.496 e. The third kappa shape index (κ3) is 3.32. The van der Waals surface area contributed by atoms with Gasteiger partial charge in [-0.15, -0.1) is 16.4 Å². The number of aromatic nitrogens is 4. The van der Waals surface area contributed by atoms with Crippen LogP contribution in [0.2, 0.25) is 0 Å². The highest BCUT2D eigenvalue weighted by Gasteiger charge is 2.15. The molecular weight excluding hydrogens is 364 g/mol. The number of anilines is 1. The Labute approximate surface area is 158 Å². The summed E-state index contributed by atoms with van der Waals surface area (Å²) in [5.41, 5.74) is 7.84. The first-order valence-electron chi connectivity index (χ1n) is 8.12. The average Bonchev–Trinajstić information content (AvgIpc) is 3.35. The number of rotatable bonds is 5. The normalized spacial score (nSPS) is 10.9. The molecule has 8 nitrogen and oxygen atoms in total. The lowest BCUT2D eigenvalue weighted by atomic mass is 10.2. The van der Waals surface area contributed by atoms with E-state index < -0.39 is 0 Å². The summed E-state index contributed by atoms with van der Waals surface area (Å²) in [4.78, 5) is 21.2. The van der Waals surface area contributed by atoms with Crippen molar-refractivity contribution in [3.63, 3.8) is 0 Å². The summed E-state index contributed by atoms with van der Waals surface area (Å²) in [5, 5.41) is 9.77. The number of pyridine rings is 1. The first-order valence-corrected chi connectivity index (χ1v) is 9.00. The molecule has 3 heterocycles. The summed E-state index contributed by atoms with van der Waals surface area (Å²) < 4.78 is 6.79. The van der Waals surface area contributed by atoms with Gasteiger partial charge < -0.3 is 15.8 Å². The fraction of sp³-hybridized carbons (Fsp3) is 0.111. The zero-order valence-electron chi connectivity index (χ0n) is 14.4. The monoisotopic (exact) mass is 380 g/mol. The molecule has 0 aliphatic heterocycles. The Morgan fingerprint density at radius 1 is 1.33 bits per heavy atom. The van der Waals surface area contributed by atoms with Gasteiger partial charge in [0.25, 0.3) is 5.91 Å². The molecule has 0 fully saturated rings. The number of thiazole rings is 1. The fourth-order valence-corrected chi connectivity index (χ4v) is 3.26. The summed E-state index contributed by atoms with van der Waals surface area (Å²) in [7, 11) is 1.60. The van der Waals surface area contributed by atoms with E-state index in [0.717, 1.165) is 11.3 Å². The van der Waals surface area contributed by atoms with E-state index in [1.165, 1.54) is 15.9 Å². The van der Waals surface area contributed by atoms with Crippen LogP contribution in [0.15, 0.2) is 48.0 Å². The molecule has 0 bridgehead atoms. The molecular formula is C18H16N6O2S. The Morgan fingerprint density at radius 3 is 2.96 bits per heavy atom. The standard InChI is InChI=1S/C18H16N6O2S/c1-26-13-5-3-2-4-11(13)10-21-17(25)12-8-14(19)24-15(9-12)22-16(23-24)18-20-6-7-27-18/h2-9H,10,19H2,1H3,(H,21,25). The molecule has 0 unspecified atom stereocenters. The molecule has 0 atom stereocenters. The molecule has 4 rings (SSSR count). The van der Waals surface area contributed by atoms with Crippen molar-refractivity contribution in [2.75, 3.05) is 12.8 Å². The highest BCUT2D eigenvalue weighted by molar-refractivity contribution is 7.13. The number of fused-ring (bicyclic) bond motifs is 1. The van der Waals surface area contributed by atoms with Crippen molar-refractivity contribution in [3.8, 4) is 16.6 Å². The number of amides is 1. The number of nitrogens with one attached hydrogen (secondary N) is 1. The second kappa shape index (κ2) is 7.04. The number of benzene rings is 1. The number of methoxy groups -OCH3 is 1. The Hall–Kier alpha value is -3.46. The summed E-state index contributed by atoms with van der Waals surface area (Å²) in [6.45, 7) is 0.338. The lowest BCUT2D eigenvalue weighted by Gasteiger charge is -2.10. The largest absolute Gasteiger partial charge is 0.496 e. The van der Waals surface area contributed by atoms with Crippen molar-refractivity contribution in [1.29, 1.82) is 0 Å². The van der Waals surface area contributed by atoms with Gasteiger partial charge in [-0.1, -0.05) is 18.2 Å². The van der Waals surface area contributed by atoms with Crippen LogP contribution in [0, 0.1) is 0 Å². The van der Waals surface area contributed by atoms with Gasteiger partial charge in [0.15, 0.2) is 10.7 Å². The zero-order valence-corrected chi connectivity index (χ0v) is 15.2. The van der Waals surface area contributed by atoms with Crippen molar-refractivity contribution in [2.24, 2.45) is 0 Å². The molecule has 9 heteroatoms. The fourth-order valence-electron chi connectivity index (χ4n) is 2.69. The summed E-state index contributed by atoms with van der Waals surface area (Å²) in [6.07, 6.45) is 1.69. The van der Waals surface area contributed by atoms with Gasteiger partial charge in [-0.25, -0.2) is 9.97 Å². The van der Waals surface area contributed by atoms with Crippen LogP contribution in [0.5, 0.6) is 5.75 Å². The average molecular weight is 380 g/mol. The number of ether oxygens (including phenoxy) is 1. The molecule has 1 amide bonds. The van der Waals surface area contributed by atoms with Crippen LogP contribution in [0.3, 0.4) is 0 Å². The number of para-hydroxylation sites is 1. The Bertz CT molecular complexity index is 1110. The predicted molar refractivity (Wildman–Crippen MR) is 103 cm³/mol. The summed E-state index contributed by atoms with van der Waals surface area (Å²) in [6, 6.07) is 10.7. The zero-order chi connectivity index (χ0) is 18.8. The molecule has 0 radical (unpaired) electrons. The second-order valence-corrected chi connectivity index (χ2v) is 6.60. The van der Waals surface area contributed by atoms with Crippen molar-refractivity contribution < 1.29 is 9.53 Å². The van der Waals surface area contributed by atoms with E-state index in [0.29, 0.717) is 34.4 Å². The van der Waals surface area contributed by atoms with Gasteiger partial charge in [-0.2, -0.15) is 4.52 Å². The number of carbonyl (C=O) groups is 1. The van der Waals surface area contributed by atoms with Gasteiger partial charge in [0.05, 0.1) is 7.11 Å². The maximum absolute atomic E-state index is 12.6. The molecule has 4 aromatic rings. The Morgan fingerprint density at radius 2 is 2.19 bits per heavy atom. The minimum atomic E-state index is -0.256. The number of hydrogen-bond donors (Lipinski definition) is 2. The van der Waals surface area contributed by atoms with Crippen molar-refractivity contribution in [1.82, 2.24) is 24.9 Å². The molecule has 27 heavy (non-hydrogen) atoms. The van der Waals surface area contributed by atoms with E-state index in [2.05, 4.69) is 20.4 Å². The molecule has 0 spiro atoms. The van der Waals surface area contributed by atoms with Crippen LogP contribution in [-0.2, 0) is 6.54 Å². The highest BCUT2D eigenvalue weighted by Crippen LogP contribution is 2.21. The van der Waals surface area contributed by atoms with Gasteiger partial charge in [0.2, 0.25) is 5.82 Å². The number of nitrogens with zero attached hydrogens (tertiary/aromatic N) is 4. The lowest BCUT2D eigenvalue weighted by molar-refractivity contribution is 0.0950. The molecule has 136 valence electrons. The number of nitrogen functional groups attached to an aromatic ring is 1. The van der Waals surface area contributed by atoms with Crippen molar-refractivity contribution in [2.45, 2.75) is 6.54 Å². The van der Waals surface area contributed by atoms with Crippen LogP contribution in [0.1, 0.15) is 15.9 Å². The molecule has 0 aliphatic rings. The van der Waals surface area contributed by atoms with E-state index >= 15 is 0 Å². The SMILES string of the molecule is COc1ccccc1CNC(=O)c1cc(N)n2nc(-c3nccs3)nc2c1. The van der Waals surface area contributed by atoms with Crippen LogP contribution < -0.4 is 15.8 Å². The van der Waals surface area contributed by atoms with Gasteiger partial charge >= 0.3 is 0 Å². The van der Waals surface area contributed by atoms with Crippen LogP contribution in [0.4, 0.5) is 5.82 Å². The van der Waals surface area contributed by atoms with E-state index in [9.17, 15) is 4.79 Å². The molecule has 3 N–H and O–H groups in total. The molecule has 0 saturated heterocycles. The quantitative estimate of drug-likeness (QED) is 0.550. The van der Waals surface area contributed by atoms with Gasteiger partial charge in [-0.3, -0.25) is 4.79 Å². The van der Waals surface area contributed by atoms with Gasteiger partial charge in [0.1, 0.15) is 11.6 Å². The molecule has 0 saturated carbocycles. The highest BCUT2D eigenvalue weighted by atomic mass is 32.1. The van der Waals surface area contributed by atoms with Crippen LogP contribution >= 0.6 is 11.3 Å². The molecule has 0 aliphatic carbocycles. The molecule has 1 aromatic carbocycles. The van der Waals surface area contributed by atoms with E-state index in [1.54, 1.807) is 25.4 Å². The van der Waals surface area contributed by atoms with Crippen LogP contribution in [-0.4, -0.2) is 32.6 Å². The van der Waals surface area contributed by atoms with Crippen LogP contribution in [0.25, 0.3) is 16.5 Å². The summed E-state index contributed by atoms with van der Waals surface area (Å²) >= 11 is 1.44. The molecule has 3 aromatic heterocycles. The van der Waals surface area contributed by atoms with E-state index in [4.69, 9.17) is 10.5 Å². The first-order chi connectivity index (χ1) is 13.2. The topological polar surface area (TPSA) is 107 Å². The maximum atomic E-state index is 12.6. The number of nitrogens with two attached hydrogens (primary N) is 1. The Balaban J connectivity index is 1.58. The smallest absolute Gasteiger partial charge is 0.251 e.